The van der Waals surface area contributed by atoms with Gasteiger partial charge in [-0.2, -0.15) is 0 Å². The summed E-state index contributed by atoms with van der Waals surface area (Å²) < 4.78 is 5.17. The quantitative estimate of drug-likeness (QED) is 0.656. The minimum atomic E-state index is -0.422. The van der Waals surface area contributed by atoms with Crippen LogP contribution in [0.15, 0.2) is 54.9 Å². The summed E-state index contributed by atoms with van der Waals surface area (Å²) in [6, 6.07) is 12.2. The predicted molar refractivity (Wildman–Crippen MR) is 103 cm³/mol. The number of benzene rings is 2. The van der Waals surface area contributed by atoms with E-state index in [-0.39, 0.29) is 5.69 Å². The summed E-state index contributed by atoms with van der Waals surface area (Å²) in [7, 11) is 1.60. The molecule has 0 radical (unpaired) electrons. The number of carbonyl (C=O) groups excluding carboxylic acids is 1. The lowest BCUT2D eigenvalue weighted by molar-refractivity contribution is 0.102. The van der Waals surface area contributed by atoms with Crippen molar-refractivity contribution in [3.05, 3.63) is 70.6 Å². The normalized spacial score (nSPS) is 10.3. The van der Waals surface area contributed by atoms with Gasteiger partial charge in [0, 0.05) is 16.8 Å². The zero-order valence-electron chi connectivity index (χ0n) is 13.7. The van der Waals surface area contributed by atoms with Crippen molar-refractivity contribution >= 4 is 46.3 Å². The summed E-state index contributed by atoms with van der Waals surface area (Å²) in [5.74, 6) is 0.799. The van der Waals surface area contributed by atoms with E-state index in [9.17, 15) is 4.79 Å². The maximum Gasteiger partial charge on any atom is 0.275 e. The van der Waals surface area contributed by atoms with Crippen molar-refractivity contribution in [2.45, 2.75) is 0 Å². The van der Waals surface area contributed by atoms with Gasteiger partial charge in [0.25, 0.3) is 5.91 Å². The molecule has 0 aliphatic rings. The average Bonchev–Trinajstić information content (AvgIpc) is 2.64. The number of hydrogen-bond donors (Lipinski definition) is 2. The number of nitrogens with zero attached hydrogens (tertiary/aromatic N) is 2. The first-order valence-corrected chi connectivity index (χ1v) is 8.30. The summed E-state index contributed by atoms with van der Waals surface area (Å²) >= 11 is 11.9. The molecule has 26 heavy (non-hydrogen) atoms. The standard InChI is InChI=1S/C18H14Cl2N4O2/c1-26-13-4-2-3-12(8-13)23-17-10-21-16(9-22-17)18(25)24-15-6-5-11(19)7-14(15)20/h2-10H,1H3,(H,22,23)(H,24,25). The Bertz CT molecular complexity index is 933. The molecule has 0 atom stereocenters. The zero-order chi connectivity index (χ0) is 18.5. The van der Waals surface area contributed by atoms with E-state index in [2.05, 4.69) is 20.6 Å². The highest BCUT2D eigenvalue weighted by Crippen LogP contribution is 2.25. The molecular formula is C18H14Cl2N4O2. The molecule has 132 valence electrons. The molecule has 3 aromatic rings. The van der Waals surface area contributed by atoms with Crippen molar-refractivity contribution in [1.29, 1.82) is 0 Å². The minimum absolute atomic E-state index is 0.159. The first-order valence-electron chi connectivity index (χ1n) is 7.54. The molecule has 0 saturated carbocycles. The molecule has 0 saturated heterocycles. The predicted octanol–water partition coefficient (Wildman–Crippen LogP) is 4.79. The van der Waals surface area contributed by atoms with E-state index in [1.165, 1.54) is 12.4 Å². The Balaban J connectivity index is 1.69. The van der Waals surface area contributed by atoms with Crippen LogP contribution in [0.3, 0.4) is 0 Å². The van der Waals surface area contributed by atoms with Crippen LogP contribution in [-0.4, -0.2) is 23.0 Å². The molecule has 2 N–H and O–H groups in total. The van der Waals surface area contributed by atoms with Gasteiger partial charge in [-0.25, -0.2) is 9.97 Å². The van der Waals surface area contributed by atoms with Crippen LogP contribution in [0.4, 0.5) is 17.2 Å². The maximum atomic E-state index is 12.3. The highest BCUT2D eigenvalue weighted by atomic mass is 35.5. The van der Waals surface area contributed by atoms with E-state index in [0.717, 1.165) is 11.4 Å². The van der Waals surface area contributed by atoms with Gasteiger partial charge in [-0.3, -0.25) is 4.79 Å². The van der Waals surface area contributed by atoms with Crippen molar-refractivity contribution in [2.75, 3.05) is 17.7 Å². The van der Waals surface area contributed by atoms with Crippen LogP contribution in [0.1, 0.15) is 10.5 Å². The lowest BCUT2D eigenvalue weighted by Crippen LogP contribution is -2.14. The summed E-state index contributed by atoms with van der Waals surface area (Å²) in [5, 5.41) is 6.59. The van der Waals surface area contributed by atoms with Gasteiger partial charge >= 0.3 is 0 Å². The first-order chi connectivity index (χ1) is 12.5. The van der Waals surface area contributed by atoms with Crippen molar-refractivity contribution in [3.63, 3.8) is 0 Å². The van der Waals surface area contributed by atoms with Gasteiger partial charge in [-0.15, -0.1) is 0 Å². The molecule has 2 aromatic carbocycles. The van der Waals surface area contributed by atoms with Gasteiger partial charge < -0.3 is 15.4 Å². The number of rotatable bonds is 5. The van der Waals surface area contributed by atoms with Crippen LogP contribution in [0.2, 0.25) is 10.0 Å². The number of aromatic nitrogens is 2. The lowest BCUT2D eigenvalue weighted by Gasteiger charge is -2.09. The Kier molecular flexibility index (Phi) is 5.55. The topological polar surface area (TPSA) is 76.1 Å². The number of ether oxygens (including phenoxy) is 1. The van der Waals surface area contributed by atoms with E-state index in [1.807, 2.05) is 24.3 Å². The van der Waals surface area contributed by atoms with E-state index in [4.69, 9.17) is 27.9 Å². The van der Waals surface area contributed by atoms with Gasteiger partial charge in [-0.05, 0) is 30.3 Å². The van der Waals surface area contributed by atoms with Crippen molar-refractivity contribution in [1.82, 2.24) is 9.97 Å². The van der Waals surface area contributed by atoms with Crippen LogP contribution >= 0.6 is 23.2 Å². The number of anilines is 3. The molecule has 6 nitrogen and oxygen atoms in total. The second kappa shape index (κ2) is 8.03. The third-order valence-corrected chi connectivity index (χ3v) is 3.95. The molecule has 0 fully saturated rings. The summed E-state index contributed by atoms with van der Waals surface area (Å²) in [5.41, 5.74) is 1.40. The van der Waals surface area contributed by atoms with E-state index in [1.54, 1.807) is 25.3 Å². The highest BCUT2D eigenvalue weighted by Gasteiger charge is 2.11. The molecule has 1 heterocycles. The van der Waals surface area contributed by atoms with Gasteiger partial charge in [0.15, 0.2) is 0 Å². The fraction of sp³-hybridized carbons (Fsp3) is 0.0556. The Morgan fingerprint density at radius 1 is 1.08 bits per heavy atom. The van der Waals surface area contributed by atoms with Gasteiger partial charge in [0.05, 0.1) is 30.2 Å². The first kappa shape index (κ1) is 18.0. The number of methoxy groups -OCH3 is 1. The van der Waals surface area contributed by atoms with Crippen LogP contribution in [0.25, 0.3) is 0 Å². The summed E-state index contributed by atoms with van der Waals surface area (Å²) in [4.78, 5) is 20.6. The van der Waals surface area contributed by atoms with Crippen molar-refractivity contribution in [2.24, 2.45) is 0 Å². The fourth-order valence-corrected chi connectivity index (χ4v) is 2.59. The Morgan fingerprint density at radius 2 is 1.92 bits per heavy atom. The minimum Gasteiger partial charge on any atom is -0.497 e. The van der Waals surface area contributed by atoms with Gasteiger partial charge in [0.1, 0.15) is 17.3 Å². The van der Waals surface area contributed by atoms with E-state index in [0.29, 0.717) is 21.6 Å². The number of amides is 1. The molecule has 0 unspecified atom stereocenters. The maximum absolute atomic E-state index is 12.3. The van der Waals surface area contributed by atoms with Crippen LogP contribution < -0.4 is 15.4 Å². The number of halogens is 2. The lowest BCUT2D eigenvalue weighted by atomic mass is 10.3. The zero-order valence-corrected chi connectivity index (χ0v) is 15.2. The average molecular weight is 389 g/mol. The molecule has 0 spiro atoms. The highest BCUT2D eigenvalue weighted by molar-refractivity contribution is 6.36. The summed E-state index contributed by atoms with van der Waals surface area (Å²) in [6.45, 7) is 0. The molecule has 8 heteroatoms. The van der Waals surface area contributed by atoms with E-state index < -0.39 is 5.91 Å². The molecule has 0 bridgehead atoms. The molecular weight excluding hydrogens is 375 g/mol. The number of carbonyl (C=O) groups is 1. The Morgan fingerprint density at radius 3 is 2.62 bits per heavy atom. The summed E-state index contributed by atoms with van der Waals surface area (Å²) in [6.07, 6.45) is 2.85. The second-order valence-electron chi connectivity index (χ2n) is 5.22. The van der Waals surface area contributed by atoms with Crippen LogP contribution in [-0.2, 0) is 0 Å². The monoisotopic (exact) mass is 388 g/mol. The van der Waals surface area contributed by atoms with E-state index >= 15 is 0 Å². The van der Waals surface area contributed by atoms with Crippen LogP contribution in [0.5, 0.6) is 5.75 Å². The largest absolute Gasteiger partial charge is 0.497 e. The van der Waals surface area contributed by atoms with Gasteiger partial charge in [-0.1, -0.05) is 29.3 Å². The Hall–Kier alpha value is -2.83. The van der Waals surface area contributed by atoms with Crippen LogP contribution in [0, 0.1) is 0 Å². The molecule has 0 aliphatic heterocycles. The Labute approximate surface area is 160 Å². The smallest absolute Gasteiger partial charge is 0.275 e. The SMILES string of the molecule is COc1cccc(Nc2cnc(C(=O)Nc3ccc(Cl)cc3Cl)cn2)c1. The number of nitrogens with one attached hydrogen (secondary N) is 2. The van der Waals surface area contributed by atoms with Gasteiger partial charge in [0.2, 0.25) is 0 Å². The molecule has 0 aliphatic carbocycles. The van der Waals surface area contributed by atoms with Crippen molar-refractivity contribution in [3.8, 4) is 5.75 Å². The molecule has 3 rings (SSSR count). The van der Waals surface area contributed by atoms with Crippen molar-refractivity contribution < 1.29 is 9.53 Å². The molecule has 1 amide bonds. The number of hydrogen-bond acceptors (Lipinski definition) is 5. The fourth-order valence-electron chi connectivity index (χ4n) is 2.14. The second-order valence-corrected chi connectivity index (χ2v) is 6.07. The third kappa shape index (κ3) is 4.41. The third-order valence-electron chi connectivity index (χ3n) is 3.41. The molecule has 1 aromatic heterocycles.